The first-order chi connectivity index (χ1) is 12.1. The van der Waals surface area contributed by atoms with Gasteiger partial charge in [0.15, 0.2) is 0 Å². The maximum Gasteiger partial charge on any atom is 0.259 e. The highest BCUT2D eigenvalue weighted by molar-refractivity contribution is 6.06. The number of aromatic nitrogens is 4. The summed E-state index contributed by atoms with van der Waals surface area (Å²) >= 11 is 0. The van der Waals surface area contributed by atoms with E-state index in [9.17, 15) is 4.79 Å². The minimum atomic E-state index is -0.187. The van der Waals surface area contributed by atoms with Crippen LogP contribution in [0.3, 0.4) is 0 Å². The second kappa shape index (κ2) is 6.01. The molecule has 3 aromatic rings. The largest absolute Gasteiger partial charge is 0.489 e. The maximum atomic E-state index is 12.7. The van der Waals surface area contributed by atoms with Crippen molar-refractivity contribution >= 4 is 11.6 Å². The average molecular weight is 335 g/mol. The standard InChI is InChI=1S/C18H17N5O2/c1-11-12(2)25-17-15(11)4-3-5-16(17)18(24)20-13-6-8-14(9-7-13)23-10-19-21-22-23/h3-12H,1-2H3,(H,20,24)/t11-,12-/m0/s1. The van der Waals surface area contributed by atoms with Gasteiger partial charge in [-0.05, 0) is 47.7 Å². The van der Waals surface area contributed by atoms with Crippen LogP contribution in [-0.4, -0.2) is 32.2 Å². The zero-order valence-corrected chi connectivity index (χ0v) is 13.9. The van der Waals surface area contributed by atoms with Crippen molar-refractivity contribution in [2.75, 3.05) is 5.32 Å². The van der Waals surface area contributed by atoms with E-state index in [4.69, 9.17) is 4.74 Å². The first kappa shape index (κ1) is 15.3. The van der Waals surface area contributed by atoms with E-state index < -0.39 is 0 Å². The molecule has 2 atom stereocenters. The number of nitrogens with one attached hydrogen (secondary N) is 1. The summed E-state index contributed by atoms with van der Waals surface area (Å²) in [6.07, 6.45) is 1.58. The van der Waals surface area contributed by atoms with Crippen LogP contribution in [0.4, 0.5) is 5.69 Å². The molecule has 0 spiro atoms. The van der Waals surface area contributed by atoms with Crippen LogP contribution in [0.5, 0.6) is 5.75 Å². The summed E-state index contributed by atoms with van der Waals surface area (Å²) in [5.74, 6) is 0.775. The number of tetrazole rings is 1. The number of amides is 1. The summed E-state index contributed by atoms with van der Waals surface area (Å²) in [6, 6.07) is 13.0. The highest BCUT2D eigenvalue weighted by Gasteiger charge is 2.31. The fourth-order valence-electron chi connectivity index (χ4n) is 2.94. The van der Waals surface area contributed by atoms with E-state index in [0.29, 0.717) is 17.0 Å². The number of hydrogen-bond donors (Lipinski definition) is 1. The number of hydrogen-bond acceptors (Lipinski definition) is 5. The lowest BCUT2D eigenvalue weighted by atomic mass is 9.97. The van der Waals surface area contributed by atoms with Crippen LogP contribution in [0, 0.1) is 0 Å². The smallest absolute Gasteiger partial charge is 0.259 e. The van der Waals surface area contributed by atoms with Crippen molar-refractivity contribution in [3.8, 4) is 11.4 Å². The Morgan fingerprint density at radius 3 is 2.68 bits per heavy atom. The number of anilines is 1. The lowest BCUT2D eigenvalue weighted by molar-refractivity contribution is 0.102. The molecule has 0 unspecified atom stereocenters. The van der Waals surface area contributed by atoms with Crippen LogP contribution < -0.4 is 10.1 Å². The SMILES string of the molecule is C[C@@H]1Oc2c(C(=O)Nc3ccc(-n4cnnn4)cc3)cccc2[C@H]1C. The normalized spacial score (nSPS) is 18.5. The van der Waals surface area contributed by atoms with Crippen molar-refractivity contribution in [3.05, 3.63) is 59.9 Å². The highest BCUT2D eigenvalue weighted by Crippen LogP contribution is 2.40. The van der Waals surface area contributed by atoms with E-state index in [2.05, 4.69) is 27.8 Å². The van der Waals surface area contributed by atoms with Gasteiger partial charge in [-0.3, -0.25) is 4.79 Å². The summed E-state index contributed by atoms with van der Waals surface area (Å²) < 4.78 is 7.44. The van der Waals surface area contributed by atoms with Crippen LogP contribution in [-0.2, 0) is 0 Å². The molecule has 1 aromatic heterocycles. The topological polar surface area (TPSA) is 81.9 Å². The lowest BCUT2D eigenvalue weighted by Crippen LogP contribution is -2.14. The third kappa shape index (κ3) is 2.73. The Morgan fingerprint density at radius 1 is 1.16 bits per heavy atom. The summed E-state index contributed by atoms with van der Waals surface area (Å²) in [7, 11) is 0. The number of fused-ring (bicyclic) bond motifs is 1. The van der Waals surface area contributed by atoms with Gasteiger partial charge in [0, 0.05) is 17.2 Å². The molecule has 1 aliphatic heterocycles. The maximum absolute atomic E-state index is 12.7. The average Bonchev–Trinajstić information content (AvgIpc) is 3.25. The molecular formula is C18H17N5O2. The van der Waals surface area contributed by atoms with E-state index >= 15 is 0 Å². The van der Waals surface area contributed by atoms with Crippen LogP contribution in [0.1, 0.15) is 35.7 Å². The van der Waals surface area contributed by atoms with Gasteiger partial charge < -0.3 is 10.1 Å². The minimum absolute atomic E-state index is 0.0690. The van der Waals surface area contributed by atoms with Gasteiger partial charge >= 0.3 is 0 Å². The Balaban J connectivity index is 1.55. The lowest BCUT2D eigenvalue weighted by Gasteiger charge is -2.10. The minimum Gasteiger partial charge on any atom is -0.489 e. The number of nitrogens with zero attached hydrogens (tertiary/aromatic N) is 4. The van der Waals surface area contributed by atoms with E-state index in [1.165, 1.54) is 6.33 Å². The molecule has 0 fully saturated rings. The first-order valence-corrected chi connectivity index (χ1v) is 8.08. The third-order valence-electron chi connectivity index (χ3n) is 4.53. The molecule has 25 heavy (non-hydrogen) atoms. The van der Waals surface area contributed by atoms with Crippen molar-refractivity contribution in [3.63, 3.8) is 0 Å². The quantitative estimate of drug-likeness (QED) is 0.796. The molecular weight excluding hydrogens is 318 g/mol. The van der Waals surface area contributed by atoms with Gasteiger partial charge in [-0.15, -0.1) is 5.10 Å². The van der Waals surface area contributed by atoms with Crippen LogP contribution in [0.2, 0.25) is 0 Å². The Kier molecular flexibility index (Phi) is 3.68. The number of benzene rings is 2. The molecule has 2 aromatic carbocycles. The molecule has 2 heterocycles. The van der Waals surface area contributed by atoms with Crippen LogP contribution in [0.25, 0.3) is 5.69 Å². The van der Waals surface area contributed by atoms with Gasteiger partial charge in [0.2, 0.25) is 0 Å². The van der Waals surface area contributed by atoms with E-state index in [1.54, 1.807) is 10.7 Å². The van der Waals surface area contributed by atoms with Gasteiger partial charge in [-0.1, -0.05) is 19.1 Å². The molecule has 1 N–H and O–H groups in total. The Bertz CT molecular complexity index is 906. The molecule has 1 amide bonds. The molecule has 1 aliphatic rings. The van der Waals surface area contributed by atoms with E-state index in [0.717, 1.165) is 11.3 Å². The number of carbonyl (C=O) groups excluding carboxylic acids is 1. The van der Waals surface area contributed by atoms with E-state index in [-0.39, 0.29) is 17.9 Å². The zero-order valence-electron chi connectivity index (χ0n) is 13.9. The second-order valence-electron chi connectivity index (χ2n) is 6.09. The predicted octanol–water partition coefficient (Wildman–Crippen LogP) is 2.80. The van der Waals surface area contributed by atoms with Crippen LogP contribution in [0.15, 0.2) is 48.8 Å². The fraction of sp³-hybridized carbons (Fsp3) is 0.222. The van der Waals surface area contributed by atoms with Gasteiger partial charge in [-0.25, -0.2) is 4.68 Å². The molecule has 0 aliphatic carbocycles. The summed E-state index contributed by atoms with van der Waals surface area (Å²) in [4.78, 5) is 12.7. The highest BCUT2D eigenvalue weighted by atomic mass is 16.5. The van der Waals surface area contributed by atoms with Crippen molar-refractivity contribution in [2.45, 2.75) is 25.9 Å². The zero-order chi connectivity index (χ0) is 17.4. The number of para-hydroxylation sites is 1. The van der Waals surface area contributed by atoms with Crippen molar-refractivity contribution in [1.82, 2.24) is 20.2 Å². The van der Waals surface area contributed by atoms with Crippen molar-refractivity contribution in [1.29, 1.82) is 0 Å². The Labute approximate surface area is 144 Å². The molecule has 0 saturated carbocycles. The number of rotatable bonds is 3. The molecule has 7 heteroatoms. The van der Waals surface area contributed by atoms with Gasteiger partial charge in [0.1, 0.15) is 18.2 Å². The molecule has 4 rings (SSSR count). The molecule has 7 nitrogen and oxygen atoms in total. The monoisotopic (exact) mass is 335 g/mol. The summed E-state index contributed by atoms with van der Waals surface area (Å²) in [5, 5.41) is 13.9. The molecule has 0 radical (unpaired) electrons. The summed E-state index contributed by atoms with van der Waals surface area (Å²) in [6.45, 7) is 4.12. The Hall–Kier alpha value is -3.22. The molecule has 0 saturated heterocycles. The number of ether oxygens (including phenoxy) is 1. The predicted molar refractivity (Wildman–Crippen MR) is 92.1 cm³/mol. The van der Waals surface area contributed by atoms with Gasteiger partial charge in [0.25, 0.3) is 5.91 Å². The molecule has 126 valence electrons. The number of carbonyl (C=O) groups is 1. The third-order valence-corrected chi connectivity index (χ3v) is 4.53. The second-order valence-corrected chi connectivity index (χ2v) is 6.09. The van der Waals surface area contributed by atoms with Gasteiger partial charge in [-0.2, -0.15) is 0 Å². The van der Waals surface area contributed by atoms with Gasteiger partial charge in [0.05, 0.1) is 11.3 Å². The van der Waals surface area contributed by atoms with E-state index in [1.807, 2.05) is 43.3 Å². The van der Waals surface area contributed by atoms with Crippen LogP contribution >= 0.6 is 0 Å². The van der Waals surface area contributed by atoms with Crippen molar-refractivity contribution < 1.29 is 9.53 Å². The molecule has 0 bridgehead atoms. The summed E-state index contributed by atoms with van der Waals surface area (Å²) in [5.41, 5.74) is 3.14. The first-order valence-electron chi connectivity index (χ1n) is 8.08. The van der Waals surface area contributed by atoms with Crippen molar-refractivity contribution in [2.24, 2.45) is 0 Å². The fourth-order valence-corrected chi connectivity index (χ4v) is 2.94. The Morgan fingerprint density at radius 2 is 1.96 bits per heavy atom.